The number of quaternary nitrogens is 1. The second-order valence-electron chi connectivity index (χ2n) is 4.31. The predicted octanol–water partition coefficient (Wildman–Crippen LogP) is 5.24. The zero-order valence-corrected chi connectivity index (χ0v) is 12.2. The van der Waals surface area contributed by atoms with Crippen LogP contribution >= 0.6 is 7.81 Å². The normalized spacial score (nSPS) is 20.8. The molecule has 0 rings (SSSR count). The maximum absolute atomic E-state index is 10.7. The van der Waals surface area contributed by atoms with Crippen LogP contribution in [0.15, 0.2) is 0 Å². The van der Waals surface area contributed by atoms with Gasteiger partial charge >= 0.3 is 33.0 Å². The van der Waals surface area contributed by atoms with E-state index >= 15 is 0 Å². The quantitative estimate of drug-likeness (QED) is 0.292. The van der Waals surface area contributed by atoms with Crippen molar-refractivity contribution in [2.24, 2.45) is 0 Å². The van der Waals surface area contributed by atoms with Gasteiger partial charge in [-0.25, -0.2) is 0 Å². The van der Waals surface area contributed by atoms with Gasteiger partial charge in [0.15, 0.2) is 6.23 Å². The summed E-state index contributed by atoms with van der Waals surface area (Å²) in [5.41, 5.74) is 0. The Labute approximate surface area is 104 Å². The minimum absolute atomic E-state index is 0.319. The van der Waals surface area contributed by atoms with Crippen LogP contribution in [0.25, 0.3) is 0 Å². The first kappa shape index (κ1) is 20.3. The molecule has 2 unspecified atom stereocenters. The number of hydrogen-bond donors (Lipinski definition) is 0. The van der Waals surface area contributed by atoms with E-state index < -0.39 is 7.81 Å². The van der Waals surface area contributed by atoms with Crippen molar-refractivity contribution in [2.45, 2.75) is 33.4 Å². The number of halogens is 6. The van der Waals surface area contributed by atoms with E-state index in [0.717, 1.165) is 11.0 Å². The SMILES string of the molecule is CCC[N+](C)(CC)C(C)OC.F[P-](F)(F)(F)(F)F. The molecule has 0 heterocycles. The van der Waals surface area contributed by atoms with Gasteiger partial charge in [-0.15, -0.1) is 0 Å². The molecule has 0 radical (unpaired) electrons. The summed E-state index contributed by atoms with van der Waals surface area (Å²) in [7, 11) is -6.63. The van der Waals surface area contributed by atoms with Crippen molar-refractivity contribution in [1.29, 1.82) is 0 Å². The first-order valence-electron chi connectivity index (χ1n) is 5.49. The summed E-state index contributed by atoms with van der Waals surface area (Å²) in [4.78, 5) is 0. The topological polar surface area (TPSA) is 9.23 Å². The second kappa shape index (κ2) is 5.51. The molecule has 0 spiro atoms. The number of ether oxygens (including phenoxy) is 1. The van der Waals surface area contributed by atoms with Crippen LogP contribution in [-0.2, 0) is 4.74 Å². The second-order valence-corrected chi connectivity index (χ2v) is 6.23. The molecule has 0 amide bonds. The van der Waals surface area contributed by atoms with Gasteiger partial charge in [0.25, 0.3) is 0 Å². The van der Waals surface area contributed by atoms with Crippen molar-refractivity contribution in [2.75, 3.05) is 27.2 Å². The van der Waals surface area contributed by atoms with E-state index in [1.807, 2.05) is 0 Å². The third kappa shape index (κ3) is 15.9. The molecule has 18 heavy (non-hydrogen) atoms. The van der Waals surface area contributed by atoms with E-state index in [2.05, 4.69) is 27.8 Å². The Morgan fingerprint density at radius 2 is 1.39 bits per heavy atom. The Balaban J connectivity index is 0. The van der Waals surface area contributed by atoms with E-state index in [0.29, 0.717) is 6.23 Å². The summed E-state index contributed by atoms with van der Waals surface area (Å²) >= 11 is 0. The molecule has 0 aliphatic carbocycles. The summed E-state index contributed by atoms with van der Waals surface area (Å²) in [5, 5.41) is 0. The van der Waals surface area contributed by atoms with E-state index in [9.17, 15) is 25.2 Å². The molecule has 0 N–H and O–H groups in total. The molecule has 2 atom stereocenters. The van der Waals surface area contributed by atoms with Crippen molar-refractivity contribution in [3.05, 3.63) is 0 Å². The Kier molecular flexibility index (Phi) is 6.20. The van der Waals surface area contributed by atoms with Gasteiger partial charge in [-0.05, 0) is 13.3 Å². The number of nitrogens with zero attached hydrogens (tertiary/aromatic N) is 1. The van der Waals surface area contributed by atoms with Gasteiger partial charge in [0.2, 0.25) is 0 Å². The van der Waals surface area contributed by atoms with E-state index in [1.54, 1.807) is 7.11 Å². The molecule has 0 aromatic carbocycles. The van der Waals surface area contributed by atoms with Crippen LogP contribution in [0.2, 0.25) is 0 Å². The Hall–Kier alpha value is -0.0700. The van der Waals surface area contributed by atoms with Gasteiger partial charge < -0.3 is 9.22 Å². The third-order valence-corrected chi connectivity index (χ3v) is 2.68. The fourth-order valence-electron chi connectivity index (χ4n) is 1.36. The zero-order valence-electron chi connectivity index (χ0n) is 11.3. The fraction of sp³-hybridized carbons (Fsp3) is 1.00. The monoisotopic (exact) mass is 305 g/mol. The van der Waals surface area contributed by atoms with Crippen LogP contribution in [0.5, 0.6) is 0 Å². The average Bonchev–Trinajstić information content (AvgIpc) is 2.11. The molecule has 0 saturated carbocycles. The zero-order chi connectivity index (χ0) is 15.3. The summed E-state index contributed by atoms with van der Waals surface area (Å²) < 4.78 is 65.5. The predicted molar refractivity (Wildman–Crippen MR) is 61.9 cm³/mol. The fourth-order valence-corrected chi connectivity index (χ4v) is 1.36. The van der Waals surface area contributed by atoms with Crippen molar-refractivity contribution in [1.82, 2.24) is 0 Å². The van der Waals surface area contributed by atoms with Gasteiger partial charge in [0, 0.05) is 14.0 Å². The summed E-state index contributed by atoms with van der Waals surface area (Å²) in [6, 6.07) is 0. The van der Waals surface area contributed by atoms with Gasteiger partial charge in [0.05, 0.1) is 20.1 Å². The number of rotatable bonds is 5. The molecule has 9 heteroatoms. The molecule has 2 nitrogen and oxygen atoms in total. The molecule has 0 aliphatic heterocycles. The summed E-state index contributed by atoms with van der Waals surface area (Å²) in [6.45, 7) is 8.91. The van der Waals surface area contributed by atoms with Gasteiger partial charge in [-0.2, -0.15) is 0 Å². The maximum atomic E-state index is 9.87. The van der Waals surface area contributed by atoms with Crippen LogP contribution in [0.1, 0.15) is 27.2 Å². The number of methoxy groups -OCH3 is 1. The van der Waals surface area contributed by atoms with Crippen LogP contribution in [-0.4, -0.2) is 38.0 Å². The standard InChI is InChI=1S/C9H22NO.F6P/c1-6-8-10(4,7-2)9(3)11-5;1-7(2,3,4,5)6/h9H,6-8H2,1-5H3;/q+1;-1. The minimum atomic E-state index is -10.7. The van der Waals surface area contributed by atoms with Crippen LogP contribution < -0.4 is 0 Å². The summed E-state index contributed by atoms with van der Waals surface area (Å²) in [5.74, 6) is 0. The molecule has 0 bridgehead atoms. The molecular weight excluding hydrogens is 283 g/mol. The van der Waals surface area contributed by atoms with Gasteiger partial charge in [-0.3, -0.25) is 0 Å². The van der Waals surface area contributed by atoms with E-state index in [-0.39, 0.29) is 0 Å². The Bertz CT molecular complexity index is 242. The Morgan fingerprint density at radius 1 is 1.06 bits per heavy atom. The molecule has 0 aromatic heterocycles. The third-order valence-electron chi connectivity index (χ3n) is 2.68. The molecule has 0 fully saturated rings. The average molecular weight is 305 g/mol. The first-order chi connectivity index (χ1) is 7.55. The summed E-state index contributed by atoms with van der Waals surface area (Å²) in [6.07, 6.45) is 1.54. The van der Waals surface area contributed by atoms with Crippen molar-refractivity contribution < 1.29 is 34.4 Å². The molecule has 0 aromatic rings. The molecule has 0 aliphatic rings. The van der Waals surface area contributed by atoms with Crippen LogP contribution in [0, 0.1) is 0 Å². The molecule has 116 valence electrons. The number of hydrogen-bond acceptors (Lipinski definition) is 1. The Morgan fingerprint density at radius 3 is 1.56 bits per heavy atom. The van der Waals surface area contributed by atoms with Crippen molar-refractivity contribution in [3.63, 3.8) is 0 Å². The van der Waals surface area contributed by atoms with E-state index in [4.69, 9.17) is 4.74 Å². The van der Waals surface area contributed by atoms with Crippen molar-refractivity contribution in [3.8, 4) is 0 Å². The van der Waals surface area contributed by atoms with E-state index in [1.165, 1.54) is 13.0 Å². The van der Waals surface area contributed by atoms with Crippen molar-refractivity contribution >= 4 is 7.81 Å². The molecular formula is C9H22F6NOP. The van der Waals surface area contributed by atoms with Gasteiger partial charge in [0.1, 0.15) is 0 Å². The van der Waals surface area contributed by atoms with Crippen LogP contribution in [0.4, 0.5) is 25.2 Å². The first-order valence-corrected chi connectivity index (χ1v) is 7.52. The van der Waals surface area contributed by atoms with Gasteiger partial charge in [-0.1, -0.05) is 6.92 Å². The van der Waals surface area contributed by atoms with Crippen LogP contribution in [0.3, 0.4) is 0 Å². The molecule has 0 saturated heterocycles.